The van der Waals surface area contributed by atoms with Gasteiger partial charge in [0.15, 0.2) is 0 Å². The van der Waals surface area contributed by atoms with Gasteiger partial charge in [0.05, 0.1) is 6.54 Å². The van der Waals surface area contributed by atoms with Crippen LogP contribution in [-0.4, -0.2) is 24.5 Å². The third kappa shape index (κ3) is 4.72. The van der Waals surface area contributed by atoms with Crippen molar-refractivity contribution in [3.63, 3.8) is 0 Å². The Morgan fingerprint density at radius 1 is 1.10 bits per heavy atom. The summed E-state index contributed by atoms with van der Waals surface area (Å²) in [4.78, 5) is 1.07. The van der Waals surface area contributed by atoms with Gasteiger partial charge in [0.25, 0.3) is 0 Å². The molecular weight excluding hydrogens is 283 g/mol. The fourth-order valence-corrected chi connectivity index (χ4v) is 2.94. The summed E-state index contributed by atoms with van der Waals surface area (Å²) in [6.07, 6.45) is -4.15. The second kappa shape index (κ2) is 6.50. The number of benzene rings is 2. The normalized spacial score (nSPS) is 13.6. The van der Waals surface area contributed by atoms with Crippen molar-refractivity contribution in [2.24, 2.45) is 0 Å². The highest BCUT2D eigenvalue weighted by atomic mass is 32.2. The molecule has 0 aliphatic heterocycles. The first kappa shape index (κ1) is 15.2. The second-order valence-electron chi connectivity index (χ2n) is 4.68. The molecule has 0 heterocycles. The Hall–Kier alpha value is -1.20. The van der Waals surface area contributed by atoms with E-state index in [1.807, 2.05) is 43.3 Å². The van der Waals surface area contributed by atoms with Gasteiger partial charge in [-0.05, 0) is 22.9 Å². The summed E-state index contributed by atoms with van der Waals surface area (Å²) in [6, 6.07) is 14.1. The summed E-state index contributed by atoms with van der Waals surface area (Å²) in [5.41, 5.74) is 0. The number of fused-ring (bicyclic) bond motifs is 1. The van der Waals surface area contributed by atoms with Crippen LogP contribution in [-0.2, 0) is 0 Å². The van der Waals surface area contributed by atoms with Crippen LogP contribution in [0.25, 0.3) is 10.8 Å². The van der Waals surface area contributed by atoms with Crippen molar-refractivity contribution in [2.45, 2.75) is 23.2 Å². The van der Waals surface area contributed by atoms with E-state index in [9.17, 15) is 13.2 Å². The Bertz CT molecular complexity index is 568. The van der Waals surface area contributed by atoms with E-state index in [0.29, 0.717) is 6.54 Å². The Kier molecular flexibility index (Phi) is 4.94. The van der Waals surface area contributed by atoms with Gasteiger partial charge >= 0.3 is 6.18 Å². The van der Waals surface area contributed by atoms with Crippen LogP contribution in [0.15, 0.2) is 47.4 Å². The molecule has 1 N–H and O–H groups in total. The van der Waals surface area contributed by atoms with Crippen molar-refractivity contribution in [2.75, 3.05) is 13.1 Å². The number of halogens is 3. The average Bonchev–Trinajstić information content (AvgIpc) is 2.37. The highest BCUT2D eigenvalue weighted by Crippen LogP contribution is 2.26. The van der Waals surface area contributed by atoms with Crippen molar-refractivity contribution in [3.05, 3.63) is 42.5 Å². The smallest absolute Gasteiger partial charge is 0.308 e. The topological polar surface area (TPSA) is 12.0 Å². The van der Waals surface area contributed by atoms with Crippen molar-refractivity contribution >= 4 is 22.5 Å². The molecule has 0 fully saturated rings. The lowest BCUT2D eigenvalue weighted by Gasteiger charge is -2.14. The summed E-state index contributed by atoms with van der Waals surface area (Å²) in [6.45, 7) is 1.32. The van der Waals surface area contributed by atoms with E-state index in [-0.39, 0.29) is 5.25 Å². The van der Waals surface area contributed by atoms with E-state index in [0.717, 1.165) is 10.3 Å². The molecule has 108 valence electrons. The van der Waals surface area contributed by atoms with Gasteiger partial charge in [0.1, 0.15) is 0 Å². The summed E-state index contributed by atoms with van der Waals surface area (Å²) >= 11 is 1.58. The van der Waals surface area contributed by atoms with Crippen molar-refractivity contribution < 1.29 is 13.2 Å². The average molecular weight is 299 g/mol. The molecule has 2 rings (SSSR count). The Labute approximate surface area is 120 Å². The van der Waals surface area contributed by atoms with Crippen molar-refractivity contribution in [3.8, 4) is 0 Å². The van der Waals surface area contributed by atoms with Gasteiger partial charge in [-0.25, -0.2) is 0 Å². The molecule has 1 atom stereocenters. The molecule has 0 spiro atoms. The lowest BCUT2D eigenvalue weighted by Crippen LogP contribution is -2.32. The van der Waals surface area contributed by atoms with E-state index in [2.05, 4.69) is 11.4 Å². The molecule has 0 aromatic heterocycles. The van der Waals surface area contributed by atoms with Gasteiger partial charge in [0, 0.05) is 16.7 Å². The van der Waals surface area contributed by atoms with E-state index >= 15 is 0 Å². The predicted octanol–water partition coefficient (Wildman–Crippen LogP) is 4.47. The molecule has 0 radical (unpaired) electrons. The molecule has 0 saturated heterocycles. The van der Waals surface area contributed by atoms with Gasteiger partial charge in [0.2, 0.25) is 0 Å². The molecule has 2 aromatic carbocycles. The van der Waals surface area contributed by atoms with Crippen LogP contribution in [0.3, 0.4) is 0 Å². The molecule has 0 amide bonds. The fraction of sp³-hybridized carbons (Fsp3) is 0.333. The largest absolute Gasteiger partial charge is 0.401 e. The molecule has 1 nitrogen and oxygen atoms in total. The third-order valence-electron chi connectivity index (χ3n) is 2.82. The van der Waals surface area contributed by atoms with Crippen LogP contribution in [0.1, 0.15) is 6.92 Å². The molecule has 0 saturated carbocycles. The first-order valence-corrected chi connectivity index (χ1v) is 7.25. The van der Waals surface area contributed by atoms with E-state index in [4.69, 9.17) is 0 Å². The highest BCUT2D eigenvalue weighted by molar-refractivity contribution is 8.00. The fourth-order valence-electron chi connectivity index (χ4n) is 1.93. The van der Waals surface area contributed by atoms with Crippen LogP contribution in [0.4, 0.5) is 13.2 Å². The Morgan fingerprint density at radius 2 is 1.80 bits per heavy atom. The molecule has 5 heteroatoms. The molecule has 2 aromatic rings. The zero-order valence-electron chi connectivity index (χ0n) is 11.1. The second-order valence-corrected chi connectivity index (χ2v) is 6.20. The zero-order valence-corrected chi connectivity index (χ0v) is 11.9. The maximum atomic E-state index is 12.0. The number of thioether (sulfide) groups is 1. The summed E-state index contributed by atoms with van der Waals surface area (Å²) < 4.78 is 36.1. The summed E-state index contributed by atoms with van der Waals surface area (Å²) in [5, 5.41) is 4.83. The zero-order chi connectivity index (χ0) is 14.6. The molecule has 0 aliphatic carbocycles. The minimum absolute atomic E-state index is 0.0820. The number of rotatable bonds is 5. The predicted molar refractivity (Wildman–Crippen MR) is 78.2 cm³/mol. The quantitative estimate of drug-likeness (QED) is 0.817. The first-order valence-electron chi connectivity index (χ1n) is 6.37. The Morgan fingerprint density at radius 3 is 2.50 bits per heavy atom. The Balaban J connectivity index is 1.91. The number of nitrogens with one attached hydrogen (secondary N) is 1. The summed E-state index contributed by atoms with van der Waals surface area (Å²) in [5.74, 6) is 0. The van der Waals surface area contributed by atoms with Gasteiger partial charge in [-0.15, -0.1) is 11.8 Å². The minimum atomic E-state index is -4.15. The minimum Gasteiger partial charge on any atom is -0.308 e. The SMILES string of the molecule is CC(CNCC(F)(F)F)Sc1ccc2ccccc2c1. The van der Waals surface area contributed by atoms with Crippen molar-refractivity contribution in [1.82, 2.24) is 5.32 Å². The summed E-state index contributed by atoms with van der Waals surface area (Å²) in [7, 11) is 0. The van der Waals surface area contributed by atoms with Crippen LogP contribution in [0.5, 0.6) is 0 Å². The first-order chi connectivity index (χ1) is 9.44. The van der Waals surface area contributed by atoms with E-state index in [1.165, 1.54) is 5.39 Å². The lowest BCUT2D eigenvalue weighted by molar-refractivity contribution is -0.124. The number of hydrogen-bond donors (Lipinski definition) is 1. The molecule has 1 unspecified atom stereocenters. The van der Waals surface area contributed by atoms with Gasteiger partial charge in [-0.3, -0.25) is 0 Å². The van der Waals surface area contributed by atoms with Gasteiger partial charge in [-0.1, -0.05) is 37.3 Å². The molecule has 20 heavy (non-hydrogen) atoms. The van der Waals surface area contributed by atoms with Crippen LogP contribution in [0, 0.1) is 0 Å². The maximum absolute atomic E-state index is 12.0. The highest BCUT2D eigenvalue weighted by Gasteiger charge is 2.26. The third-order valence-corrected chi connectivity index (χ3v) is 3.91. The molecule has 0 aliphatic rings. The monoisotopic (exact) mass is 299 g/mol. The molecular formula is C15H16F3NS. The van der Waals surface area contributed by atoms with Gasteiger partial charge < -0.3 is 5.32 Å². The van der Waals surface area contributed by atoms with Gasteiger partial charge in [-0.2, -0.15) is 13.2 Å². The van der Waals surface area contributed by atoms with E-state index < -0.39 is 12.7 Å². The van der Waals surface area contributed by atoms with Crippen LogP contribution >= 0.6 is 11.8 Å². The number of hydrogen-bond acceptors (Lipinski definition) is 2. The number of alkyl halides is 3. The standard InChI is InChI=1S/C15H16F3NS/c1-11(9-19-10-15(16,17)18)20-14-7-6-12-4-2-3-5-13(12)8-14/h2-8,11,19H,9-10H2,1H3. The maximum Gasteiger partial charge on any atom is 0.401 e. The van der Waals surface area contributed by atoms with Crippen molar-refractivity contribution in [1.29, 1.82) is 0 Å². The van der Waals surface area contributed by atoms with Crippen LogP contribution in [0.2, 0.25) is 0 Å². The van der Waals surface area contributed by atoms with E-state index in [1.54, 1.807) is 11.8 Å². The molecule has 0 bridgehead atoms. The van der Waals surface area contributed by atoms with Crippen LogP contribution < -0.4 is 5.32 Å². The lowest BCUT2D eigenvalue weighted by atomic mass is 10.1.